The molecule has 1 aliphatic heterocycles. The van der Waals surface area contributed by atoms with Gasteiger partial charge in [0.05, 0.1) is 16.3 Å². The maximum atomic E-state index is 13.0. The van der Waals surface area contributed by atoms with Crippen LogP contribution in [-0.2, 0) is 22.0 Å². The highest BCUT2D eigenvalue weighted by molar-refractivity contribution is 7.88. The van der Waals surface area contributed by atoms with E-state index < -0.39 is 27.6 Å². The quantitative estimate of drug-likeness (QED) is 0.686. The molecule has 0 bridgehead atoms. The Bertz CT molecular complexity index is 944. The fraction of sp³-hybridized carbons (Fsp3) is 0.353. The third kappa shape index (κ3) is 4.73. The van der Waals surface area contributed by atoms with Gasteiger partial charge in [-0.1, -0.05) is 23.7 Å². The van der Waals surface area contributed by atoms with Crippen molar-refractivity contribution in [2.45, 2.75) is 11.9 Å². The van der Waals surface area contributed by atoms with E-state index in [1.807, 2.05) is 0 Å². The summed E-state index contributed by atoms with van der Waals surface area (Å²) in [6.45, 7) is 0.757. The second-order valence-electron chi connectivity index (χ2n) is 6.30. The van der Waals surface area contributed by atoms with Gasteiger partial charge in [0.1, 0.15) is 11.6 Å². The molecule has 0 saturated carbocycles. The second kappa shape index (κ2) is 7.84. The fourth-order valence-corrected chi connectivity index (χ4v) is 4.68. The predicted octanol–water partition coefficient (Wildman–Crippen LogP) is 3.54. The van der Waals surface area contributed by atoms with Gasteiger partial charge in [-0.3, -0.25) is 0 Å². The standard InChI is InChI=1S/C17H16ClF4N3O2S/c18-15-9-13(17(20,21)22)10-23-16(15)24-5-7-25(8-6-24)28(26,27)11-12-1-3-14(19)4-2-12/h1-4,9-10H,5-8,11H2. The van der Waals surface area contributed by atoms with Crippen LogP contribution < -0.4 is 4.90 Å². The van der Waals surface area contributed by atoms with Crippen LogP contribution in [0.15, 0.2) is 36.5 Å². The number of anilines is 1. The molecule has 11 heteroatoms. The number of alkyl halides is 3. The van der Waals surface area contributed by atoms with Gasteiger partial charge in [-0.2, -0.15) is 17.5 Å². The second-order valence-corrected chi connectivity index (χ2v) is 8.67. The third-order valence-corrected chi connectivity index (χ3v) is 6.47. The van der Waals surface area contributed by atoms with Gasteiger partial charge < -0.3 is 4.90 Å². The number of hydrogen-bond acceptors (Lipinski definition) is 4. The fourth-order valence-electron chi connectivity index (χ4n) is 2.88. The normalized spacial score (nSPS) is 16.4. The van der Waals surface area contributed by atoms with E-state index in [9.17, 15) is 26.0 Å². The summed E-state index contributed by atoms with van der Waals surface area (Å²) in [5, 5.41) is -0.141. The van der Waals surface area contributed by atoms with Gasteiger partial charge in [0, 0.05) is 32.4 Å². The van der Waals surface area contributed by atoms with Crippen LogP contribution in [0.3, 0.4) is 0 Å². The Kier molecular flexibility index (Phi) is 5.83. The van der Waals surface area contributed by atoms with Crippen LogP contribution in [0.25, 0.3) is 0 Å². The van der Waals surface area contributed by atoms with E-state index in [-0.39, 0.29) is 42.8 Å². The molecule has 0 aliphatic carbocycles. The zero-order chi connectivity index (χ0) is 20.5. The SMILES string of the molecule is O=S(=O)(Cc1ccc(F)cc1)N1CCN(c2ncc(C(F)(F)F)cc2Cl)CC1. The van der Waals surface area contributed by atoms with Crippen LogP contribution in [0, 0.1) is 5.82 Å². The lowest BCUT2D eigenvalue weighted by Crippen LogP contribution is -2.49. The third-order valence-electron chi connectivity index (χ3n) is 4.34. The first-order valence-corrected chi connectivity index (χ1v) is 10.2. The van der Waals surface area contributed by atoms with E-state index in [0.29, 0.717) is 11.8 Å². The molecular formula is C17H16ClF4N3O2S. The smallest absolute Gasteiger partial charge is 0.353 e. The van der Waals surface area contributed by atoms with Gasteiger partial charge in [0.15, 0.2) is 0 Å². The summed E-state index contributed by atoms with van der Waals surface area (Å²) in [7, 11) is -3.61. The Hall–Kier alpha value is -1.91. The van der Waals surface area contributed by atoms with Crippen LogP contribution >= 0.6 is 11.6 Å². The Morgan fingerprint density at radius 1 is 1.07 bits per heavy atom. The van der Waals surface area contributed by atoms with Crippen molar-refractivity contribution in [2.24, 2.45) is 0 Å². The van der Waals surface area contributed by atoms with Crippen molar-refractivity contribution in [1.29, 1.82) is 0 Å². The van der Waals surface area contributed by atoms with E-state index in [1.165, 1.54) is 28.6 Å². The molecule has 1 aromatic carbocycles. The molecule has 0 unspecified atom stereocenters. The van der Waals surface area contributed by atoms with Gasteiger partial charge >= 0.3 is 6.18 Å². The monoisotopic (exact) mass is 437 g/mol. The van der Waals surface area contributed by atoms with E-state index in [4.69, 9.17) is 11.6 Å². The highest BCUT2D eigenvalue weighted by Gasteiger charge is 2.33. The predicted molar refractivity (Wildman–Crippen MR) is 97.1 cm³/mol. The van der Waals surface area contributed by atoms with E-state index in [0.717, 1.165) is 6.07 Å². The van der Waals surface area contributed by atoms with Crippen molar-refractivity contribution in [3.8, 4) is 0 Å². The molecule has 1 aliphatic rings. The van der Waals surface area contributed by atoms with Gasteiger partial charge in [0.2, 0.25) is 10.0 Å². The number of aromatic nitrogens is 1. The lowest BCUT2D eigenvalue weighted by atomic mass is 10.2. The molecule has 152 valence electrons. The molecule has 0 spiro atoms. The van der Waals surface area contributed by atoms with Crippen LogP contribution in [0.1, 0.15) is 11.1 Å². The first-order valence-electron chi connectivity index (χ1n) is 8.26. The van der Waals surface area contributed by atoms with E-state index in [1.54, 1.807) is 4.90 Å². The topological polar surface area (TPSA) is 53.5 Å². The molecule has 0 amide bonds. The number of benzene rings is 1. The number of nitrogens with zero attached hydrogens (tertiary/aromatic N) is 3. The number of halogens is 5. The molecule has 0 radical (unpaired) electrons. The van der Waals surface area contributed by atoms with Crippen molar-refractivity contribution in [2.75, 3.05) is 31.1 Å². The minimum absolute atomic E-state index is 0.141. The maximum Gasteiger partial charge on any atom is 0.417 e. The Morgan fingerprint density at radius 2 is 1.68 bits per heavy atom. The molecule has 0 N–H and O–H groups in total. The van der Waals surface area contributed by atoms with Gasteiger partial charge in [-0.15, -0.1) is 0 Å². The highest BCUT2D eigenvalue weighted by atomic mass is 35.5. The van der Waals surface area contributed by atoms with E-state index in [2.05, 4.69) is 4.98 Å². The Balaban J connectivity index is 1.66. The zero-order valence-corrected chi connectivity index (χ0v) is 16.0. The van der Waals surface area contributed by atoms with Crippen LogP contribution in [0.4, 0.5) is 23.4 Å². The average Bonchev–Trinajstić information content (AvgIpc) is 2.63. The number of hydrogen-bond donors (Lipinski definition) is 0. The molecule has 1 saturated heterocycles. The van der Waals surface area contributed by atoms with Crippen LogP contribution in [0.2, 0.25) is 5.02 Å². The zero-order valence-electron chi connectivity index (χ0n) is 14.5. The van der Waals surface area contributed by atoms with Crippen molar-refractivity contribution in [3.63, 3.8) is 0 Å². The summed E-state index contributed by atoms with van der Waals surface area (Å²) in [6, 6.07) is 6.02. The molecule has 5 nitrogen and oxygen atoms in total. The van der Waals surface area contributed by atoms with Crippen molar-refractivity contribution in [3.05, 3.63) is 58.5 Å². The first-order chi connectivity index (χ1) is 13.1. The van der Waals surface area contributed by atoms with Crippen LogP contribution in [0.5, 0.6) is 0 Å². The largest absolute Gasteiger partial charge is 0.417 e. The molecule has 2 heterocycles. The van der Waals surface area contributed by atoms with Gasteiger partial charge in [-0.25, -0.2) is 17.8 Å². The van der Waals surface area contributed by atoms with E-state index >= 15 is 0 Å². The molecule has 0 atom stereocenters. The molecule has 1 fully saturated rings. The number of rotatable bonds is 4. The van der Waals surface area contributed by atoms with Gasteiger partial charge in [0.25, 0.3) is 0 Å². The summed E-state index contributed by atoms with van der Waals surface area (Å²) >= 11 is 5.95. The molecule has 2 aromatic rings. The highest BCUT2D eigenvalue weighted by Crippen LogP contribution is 2.33. The van der Waals surface area contributed by atoms with Crippen molar-refractivity contribution in [1.82, 2.24) is 9.29 Å². The summed E-state index contributed by atoms with van der Waals surface area (Å²) in [4.78, 5) is 5.45. The Morgan fingerprint density at radius 3 is 2.21 bits per heavy atom. The minimum atomic E-state index is -4.54. The molecule has 28 heavy (non-hydrogen) atoms. The summed E-state index contributed by atoms with van der Waals surface area (Å²) in [5.41, 5.74) is -0.474. The number of piperazine rings is 1. The lowest BCUT2D eigenvalue weighted by molar-refractivity contribution is -0.137. The van der Waals surface area contributed by atoms with Crippen molar-refractivity contribution < 1.29 is 26.0 Å². The minimum Gasteiger partial charge on any atom is -0.353 e. The first kappa shape index (κ1) is 20.8. The Labute approximate surface area is 164 Å². The molecule has 1 aromatic heterocycles. The van der Waals surface area contributed by atoms with Gasteiger partial charge in [-0.05, 0) is 23.8 Å². The summed E-state index contributed by atoms with van der Waals surface area (Å²) in [6.07, 6.45) is -3.83. The number of sulfonamides is 1. The summed E-state index contributed by atoms with van der Waals surface area (Å²) in [5.74, 6) is -0.520. The average molecular weight is 438 g/mol. The number of pyridine rings is 1. The van der Waals surface area contributed by atoms with Crippen LogP contribution in [-0.4, -0.2) is 43.9 Å². The molecule has 3 rings (SSSR count). The lowest BCUT2D eigenvalue weighted by Gasteiger charge is -2.35. The maximum absolute atomic E-state index is 13.0. The molecular weight excluding hydrogens is 422 g/mol. The van der Waals surface area contributed by atoms with Crippen molar-refractivity contribution >= 4 is 27.4 Å². The summed E-state index contributed by atoms with van der Waals surface area (Å²) < 4.78 is 77.5.